The summed E-state index contributed by atoms with van der Waals surface area (Å²) in [6.45, 7) is 7.80. The van der Waals surface area contributed by atoms with Gasteiger partial charge < -0.3 is 4.74 Å². The Bertz CT molecular complexity index is 1200. The van der Waals surface area contributed by atoms with Crippen molar-refractivity contribution in [2.75, 3.05) is 50.0 Å². The van der Waals surface area contributed by atoms with Crippen molar-refractivity contribution < 1.29 is 17.9 Å². The van der Waals surface area contributed by atoms with Crippen LogP contribution in [-0.2, 0) is 19.4 Å². The molecule has 1 aliphatic heterocycles. The van der Waals surface area contributed by atoms with E-state index in [1.54, 1.807) is 24.3 Å². The fraction of sp³-hybridized carbons (Fsp3) is 0.391. The number of morpholine rings is 1. The van der Waals surface area contributed by atoms with Gasteiger partial charge in [-0.1, -0.05) is 41.2 Å². The zero-order chi connectivity index (χ0) is 22.7. The van der Waals surface area contributed by atoms with E-state index in [1.807, 2.05) is 32.0 Å². The molecule has 0 radical (unpaired) electrons. The van der Waals surface area contributed by atoms with E-state index in [0.29, 0.717) is 31.4 Å². The van der Waals surface area contributed by atoms with Crippen LogP contribution in [0.1, 0.15) is 11.1 Å². The molecule has 32 heavy (non-hydrogen) atoms. The van der Waals surface area contributed by atoms with Crippen LogP contribution in [0.2, 0.25) is 0 Å². The number of thiazole rings is 1. The van der Waals surface area contributed by atoms with Gasteiger partial charge in [-0.15, -0.1) is 0 Å². The van der Waals surface area contributed by atoms with Crippen LogP contribution in [0.15, 0.2) is 47.4 Å². The fourth-order valence-electron chi connectivity index (χ4n) is 3.65. The monoisotopic (exact) mass is 473 g/mol. The number of hydrogen-bond acceptors (Lipinski definition) is 7. The summed E-state index contributed by atoms with van der Waals surface area (Å²) in [6, 6.07) is 12.5. The van der Waals surface area contributed by atoms with Crippen LogP contribution < -0.4 is 4.90 Å². The molecule has 0 N–H and O–H groups in total. The minimum absolute atomic E-state index is 0.157. The Labute approximate surface area is 192 Å². The number of carbonyl (C=O) groups is 1. The zero-order valence-electron chi connectivity index (χ0n) is 18.3. The van der Waals surface area contributed by atoms with Gasteiger partial charge in [0.25, 0.3) is 0 Å². The number of carbonyl (C=O) groups excluding carboxylic acids is 1. The second-order valence-electron chi connectivity index (χ2n) is 7.99. The highest BCUT2D eigenvalue weighted by molar-refractivity contribution is 7.92. The maximum atomic E-state index is 13.3. The SMILES string of the molecule is Cc1ccc(S(=O)(=O)CC(=O)N(CCN2CCOCC2)c2nc3c(C)cccc3s2)cc1. The van der Waals surface area contributed by atoms with Gasteiger partial charge in [-0.05, 0) is 37.6 Å². The number of rotatable bonds is 7. The molecule has 9 heteroatoms. The van der Waals surface area contributed by atoms with E-state index in [0.717, 1.165) is 34.4 Å². The molecule has 0 atom stereocenters. The third-order valence-electron chi connectivity index (χ3n) is 5.58. The number of aryl methyl sites for hydroxylation is 2. The van der Waals surface area contributed by atoms with Crippen molar-refractivity contribution in [1.82, 2.24) is 9.88 Å². The van der Waals surface area contributed by atoms with Gasteiger partial charge in [0.2, 0.25) is 5.91 Å². The Kier molecular flexibility index (Phi) is 6.90. The number of amides is 1. The molecule has 0 saturated carbocycles. The van der Waals surface area contributed by atoms with E-state index in [2.05, 4.69) is 4.90 Å². The molecule has 0 spiro atoms. The highest BCUT2D eigenvalue weighted by atomic mass is 32.2. The zero-order valence-corrected chi connectivity index (χ0v) is 19.9. The van der Waals surface area contributed by atoms with Crippen molar-refractivity contribution in [1.29, 1.82) is 0 Å². The first-order valence-electron chi connectivity index (χ1n) is 10.6. The van der Waals surface area contributed by atoms with Crippen LogP contribution in [0.25, 0.3) is 10.2 Å². The van der Waals surface area contributed by atoms with Crippen molar-refractivity contribution in [2.24, 2.45) is 0 Å². The van der Waals surface area contributed by atoms with Crippen molar-refractivity contribution >= 4 is 42.4 Å². The maximum Gasteiger partial charge on any atom is 0.244 e. The summed E-state index contributed by atoms with van der Waals surface area (Å²) in [4.78, 5) is 21.9. The highest BCUT2D eigenvalue weighted by Gasteiger charge is 2.27. The minimum Gasteiger partial charge on any atom is -0.379 e. The molecule has 2 heterocycles. The number of fused-ring (bicyclic) bond motifs is 1. The van der Waals surface area contributed by atoms with Gasteiger partial charge in [0, 0.05) is 26.2 Å². The van der Waals surface area contributed by atoms with Crippen LogP contribution >= 0.6 is 11.3 Å². The summed E-state index contributed by atoms with van der Waals surface area (Å²) >= 11 is 1.41. The Hall–Kier alpha value is -2.33. The van der Waals surface area contributed by atoms with E-state index in [1.165, 1.54) is 16.2 Å². The van der Waals surface area contributed by atoms with Gasteiger partial charge in [0.15, 0.2) is 15.0 Å². The minimum atomic E-state index is -3.76. The van der Waals surface area contributed by atoms with E-state index in [4.69, 9.17) is 9.72 Å². The number of benzene rings is 2. The average Bonchev–Trinajstić information content (AvgIpc) is 3.20. The van der Waals surface area contributed by atoms with Gasteiger partial charge >= 0.3 is 0 Å². The molecule has 0 aliphatic carbocycles. The summed E-state index contributed by atoms with van der Waals surface area (Å²) in [7, 11) is -3.76. The highest BCUT2D eigenvalue weighted by Crippen LogP contribution is 2.31. The Morgan fingerprint density at radius 3 is 2.53 bits per heavy atom. The van der Waals surface area contributed by atoms with Crippen LogP contribution in [0.5, 0.6) is 0 Å². The molecule has 3 aromatic rings. The van der Waals surface area contributed by atoms with E-state index < -0.39 is 21.5 Å². The normalized spacial score (nSPS) is 15.2. The number of anilines is 1. The number of ether oxygens (including phenoxy) is 1. The molecule has 1 fully saturated rings. The molecular weight excluding hydrogens is 446 g/mol. The van der Waals surface area contributed by atoms with Crippen LogP contribution in [0.4, 0.5) is 5.13 Å². The lowest BCUT2D eigenvalue weighted by molar-refractivity contribution is -0.116. The Morgan fingerprint density at radius 1 is 1.12 bits per heavy atom. The third kappa shape index (κ3) is 5.17. The van der Waals surface area contributed by atoms with Crippen molar-refractivity contribution in [3.8, 4) is 0 Å². The predicted octanol–water partition coefficient (Wildman–Crippen LogP) is 3.05. The van der Waals surface area contributed by atoms with Gasteiger partial charge in [-0.3, -0.25) is 14.6 Å². The first-order valence-corrected chi connectivity index (χ1v) is 13.1. The lowest BCUT2D eigenvalue weighted by Crippen LogP contribution is -2.44. The van der Waals surface area contributed by atoms with Gasteiger partial charge in [-0.2, -0.15) is 0 Å². The smallest absolute Gasteiger partial charge is 0.244 e. The van der Waals surface area contributed by atoms with Crippen molar-refractivity contribution in [3.05, 3.63) is 53.6 Å². The van der Waals surface area contributed by atoms with E-state index >= 15 is 0 Å². The summed E-state index contributed by atoms with van der Waals surface area (Å²) in [5, 5.41) is 0.534. The van der Waals surface area contributed by atoms with Gasteiger partial charge in [0.1, 0.15) is 5.75 Å². The summed E-state index contributed by atoms with van der Waals surface area (Å²) in [6.07, 6.45) is 0. The number of nitrogens with zero attached hydrogens (tertiary/aromatic N) is 3. The Balaban J connectivity index is 1.60. The largest absolute Gasteiger partial charge is 0.379 e. The standard InChI is InChI=1S/C23H27N3O4S2/c1-17-6-8-19(9-7-17)32(28,29)16-21(27)26(11-10-25-12-14-30-15-13-25)23-24-22-18(2)4-3-5-20(22)31-23/h3-9H,10-16H2,1-2H3. The van der Waals surface area contributed by atoms with E-state index in [9.17, 15) is 13.2 Å². The molecule has 4 rings (SSSR count). The third-order valence-corrected chi connectivity index (χ3v) is 8.24. The molecule has 0 unspecified atom stereocenters. The number of sulfone groups is 1. The summed E-state index contributed by atoms with van der Waals surface area (Å²) < 4.78 is 32.2. The average molecular weight is 474 g/mol. The quantitative estimate of drug-likeness (QED) is 0.525. The molecule has 7 nitrogen and oxygen atoms in total. The molecule has 1 saturated heterocycles. The Morgan fingerprint density at radius 2 is 1.84 bits per heavy atom. The summed E-state index contributed by atoms with van der Waals surface area (Å²) in [5.41, 5.74) is 2.84. The fourth-order valence-corrected chi connectivity index (χ4v) is 5.94. The lowest BCUT2D eigenvalue weighted by Gasteiger charge is -2.29. The summed E-state index contributed by atoms with van der Waals surface area (Å²) in [5.74, 6) is -1.05. The maximum absolute atomic E-state index is 13.3. The van der Waals surface area contributed by atoms with Crippen LogP contribution in [0.3, 0.4) is 0 Å². The molecule has 1 aromatic heterocycles. The molecule has 1 aliphatic rings. The van der Waals surface area contributed by atoms with Crippen LogP contribution in [-0.4, -0.2) is 69.4 Å². The van der Waals surface area contributed by atoms with Gasteiger partial charge in [0.05, 0.1) is 28.3 Å². The molecule has 1 amide bonds. The lowest BCUT2D eigenvalue weighted by atomic mass is 10.2. The van der Waals surface area contributed by atoms with Crippen molar-refractivity contribution in [3.63, 3.8) is 0 Å². The number of hydrogen-bond donors (Lipinski definition) is 0. The first-order chi connectivity index (χ1) is 15.3. The van der Waals surface area contributed by atoms with Crippen LogP contribution in [0, 0.1) is 13.8 Å². The number of aromatic nitrogens is 1. The second-order valence-corrected chi connectivity index (χ2v) is 11.0. The predicted molar refractivity (Wildman–Crippen MR) is 127 cm³/mol. The topological polar surface area (TPSA) is 79.8 Å². The molecule has 2 aromatic carbocycles. The molecular formula is C23H27N3O4S2. The second kappa shape index (κ2) is 9.66. The first kappa shape index (κ1) is 22.8. The van der Waals surface area contributed by atoms with E-state index in [-0.39, 0.29) is 4.90 Å². The number of para-hydroxylation sites is 1. The van der Waals surface area contributed by atoms with Gasteiger partial charge in [-0.25, -0.2) is 13.4 Å². The van der Waals surface area contributed by atoms with Crippen molar-refractivity contribution in [2.45, 2.75) is 18.7 Å². The molecule has 0 bridgehead atoms. The molecule has 170 valence electrons.